The molecule has 2 aromatic rings. The van der Waals surface area contributed by atoms with Gasteiger partial charge in [-0.05, 0) is 37.8 Å². The SMILES string of the molecule is O=C(Nc1cnc2ccccc2c1)OC1CCCCCC1. The van der Waals surface area contributed by atoms with Crippen molar-refractivity contribution in [3.05, 3.63) is 36.5 Å². The summed E-state index contributed by atoms with van der Waals surface area (Å²) in [6.45, 7) is 0. The molecule has 0 saturated heterocycles. The minimum Gasteiger partial charge on any atom is -0.446 e. The van der Waals surface area contributed by atoms with Crippen LogP contribution in [0.1, 0.15) is 38.5 Å². The number of carbonyl (C=O) groups excluding carboxylic acids is 1. The molecule has 0 radical (unpaired) electrons. The van der Waals surface area contributed by atoms with Crippen LogP contribution in [0.15, 0.2) is 36.5 Å². The molecule has 1 aromatic heterocycles. The Labute approximate surface area is 124 Å². The predicted molar refractivity (Wildman–Crippen MR) is 83.3 cm³/mol. The van der Waals surface area contributed by atoms with Crippen LogP contribution in [-0.2, 0) is 4.74 Å². The van der Waals surface area contributed by atoms with Crippen molar-refractivity contribution in [2.45, 2.75) is 44.6 Å². The molecule has 0 bridgehead atoms. The maximum Gasteiger partial charge on any atom is 0.411 e. The van der Waals surface area contributed by atoms with Crippen molar-refractivity contribution < 1.29 is 9.53 Å². The molecule has 0 spiro atoms. The molecule has 0 atom stereocenters. The zero-order chi connectivity index (χ0) is 14.5. The number of pyridine rings is 1. The number of para-hydroxylation sites is 1. The number of anilines is 1. The van der Waals surface area contributed by atoms with E-state index in [1.807, 2.05) is 30.3 Å². The highest BCUT2D eigenvalue weighted by molar-refractivity contribution is 5.89. The van der Waals surface area contributed by atoms with Gasteiger partial charge in [0.25, 0.3) is 0 Å². The molecule has 1 heterocycles. The van der Waals surface area contributed by atoms with Gasteiger partial charge in [-0.15, -0.1) is 0 Å². The average Bonchev–Trinajstić information content (AvgIpc) is 2.75. The van der Waals surface area contributed by atoms with Crippen LogP contribution in [0.2, 0.25) is 0 Å². The van der Waals surface area contributed by atoms with Gasteiger partial charge in [-0.2, -0.15) is 0 Å². The van der Waals surface area contributed by atoms with Gasteiger partial charge in [0.2, 0.25) is 0 Å². The Balaban J connectivity index is 1.62. The van der Waals surface area contributed by atoms with Crippen molar-refractivity contribution in [3.8, 4) is 0 Å². The Bertz CT molecular complexity index is 619. The van der Waals surface area contributed by atoms with Crippen molar-refractivity contribution in [2.24, 2.45) is 0 Å². The van der Waals surface area contributed by atoms with Crippen molar-refractivity contribution in [2.75, 3.05) is 5.32 Å². The third-order valence-electron chi connectivity index (χ3n) is 3.91. The number of amides is 1. The number of hydrogen-bond donors (Lipinski definition) is 1. The molecule has 1 aliphatic rings. The first-order valence-corrected chi connectivity index (χ1v) is 7.64. The molecule has 1 N–H and O–H groups in total. The second-order valence-electron chi connectivity index (χ2n) is 5.56. The maximum atomic E-state index is 12.0. The normalized spacial score (nSPS) is 16.4. The lowest BCUT2D eigenvalue weighted by atomic mass is 10.2. The highest BCUT2D eigenvalue weighted by atomic mass is 16.6. The lowest BCUT2D eigenvalue weighted by Gasteiger charge is -2.15. The van der Waals surface area contributed by atoms with E-state index >= 15 is 0 Å². The van der Waals surface area contributed by atoms with E-state index in [1.54, 1.807) is 6.20 Å². The fraction of sp³-hybridized carbons (Fsp3) is 0.412. The van der Waals surface area contributed by atoms with Crippen molar-refractivity contribution in [1.82, 2.24) is 4.98 Å². The Morgan fingerprint density at radius 2 is 1.90 bits per heavy atom. The number of benzene rings is 1. The first kappa shape index (κ1) is 13.9. The van der Waals surface area contributed by atoms with E-state index < -0.39 is 0 Å². The second-order valence-corrected chi connectivity index (χ2v) is 5.56. The first-order valence-electron chi connectivity index (χ1n) is 7.64. The lowest BCUT2D eigenvalue weighted by molar-refractivity contribution is 0.101. The Kier molecular flexibility index (Phi) is 4.34. The Morgan fingerprint density at radius 3 is 2.71 bits per heavy atom. The largest absolute Gasteiger partial charge is 0.446 e. The predicted octanol–water partition coefficient (Wildman–Crippen LogP) is 4.51. The molecule has 1 amide bonds. The van der Waals surface area contributed by atoms with Crippen molar-refractivity contribution in [1.29, 1.82) is 0 Å². The molecule has 0 unspecified atom stereocenters. The van der Waals surface area contributed by atoms with Gasteiger partial charge in [0.15, 0.2) is 0 Å². The topological polar surface area (TPSA) is 51.2 Å². The van der Waals surface area contributed by atoms with Gasteiger partial charge in [-0.3, -0.25) is 10.3 Å². The molecule has 1 aromatic carbocycles. The first-order chi connectivity index (χ1) is 10.3. The summed E-state index contributed by atoms with van der Waals surface area (Å²) in [4.78, 5) is 16.3. The number of ether oxygens (including phenoxy) is 1. The van der Waals surface area contributed by atoms with E-state index in [0.29, 0.717) is 5.69 Å². The summed E-state index contributed by atoms with van der Waals surface area (Å²) in [5.74, 6) is 0. The molecule has 110 valence electrons. The van der Waals surface area contributed by atoms with Crippen LogP contribution >= 0.6 is 0 Å². The standard InChI is InChI=1S/C17H20N2O2/c20-17(21-15-8-3-1-2-4-9-15)19-14-11-13-7-5-6-10-16(13)18-12-14/h5-7,10-12,15H,1-4,8-9H2,(H,19,20). The van der Waals surface area contributed by atoms with Gasteiger partial charge in [-0.25, -0.2) is 4.79 Å². The van der Waals surface area contributed by atoms with E-state index in [4.69, 9.17) is 4.74 Å². The number of nitrogens with one attached hydrogen (secondary N) is 1. The molecule has 1 fully saturated rings. The fourth-order valence-electron chi connectivity index (χ4n) is 2.80. The van der Waals surface area contributed by atoms with Gasteiger partial charge in [0, 0.05) is 5.39 Å². The zero-order valence-electron chi connectivity index (χ0n) is 12.0. The monoisotopic (exact) mass is 284 g/mol. The molecular formula is C17H20N2O2. The van der Waals surface area contributed by atoms with E-state index in [1.165, 1.54) is 12.8 Å². The third kappa shape index (κ3) is 3.72. The molecule has 21 heavy (non-hydrogen) atoms. The number of nitrogens with zero attached hydrogens (tertiary/aromatic N) is 1. The van der Waals surface area contributed by atoms with Gasteiger partial charge < -0.3 is 4.74 Å². The van der Waals surface area contributed by atoms with Crippen LogP contribution in [0.3, 0.4) is 0 Å². The summed E-state index contributed by atoms with van der Waals surface area (Å²) >= 11 is 0. The molecule has 1 saturated carbocycles. The van der Waals surface area contributed by atoms with E-state index in [-0.39, 0.29) is 12.2 Å². The van der Waals surface area contributed by atoms with Gasteiger partial charge in [0.05, 0.1) is 17.4 Å². The van der Waals surface area contributed by atoms with Crippen LogP contribution in [-0.4, -0.2) is 17.2 Å². The zero-order valence-corrected chi connectivity index (χ0v) is 12.0. The van der Waals surface area contributed by atoms with E-state index in [2.05, 4.69) is 10.3 Å². The summed E-state index contributed by atoms with van der Waals surface area (Å²) in [7, 11) is 0. The maximum absolute atomic E-state index is 12.0. The van der Waals surface area contributed by atoms with E-state index in [9.17, 15) is 4.79 Å². The van der Waals surface area contributed by atoms with Crippen LogP contribution < -0.4 is 5.32 Å². The Morgan fingerprint density at radius 1 is 1.14 bits per heavy atom. The minimum atomic E-state index is -0.376. The number of aromatic nitrogens is 1. The summed E-state index contributed by atoms with van der Waals surface area (Å²) in [6, 6.07) is 9.74. The third-order valence-corrected chi connectivity index (χ3v) is 3.91. The summed E-state index contributed by atoms with van der Waals surface area (Å²) in [5, 5.41) is 3.78. The Hall–Kier alpha value is -2.10. The lowest BCUT2D eigenvalue weighted by Crippen LogP contribution is -2.22. The van der Waals surface area contributed by atoms with Crippen LogP contribution in [0.4, 0.5) is 10.5 Å². The van der Waals surface area contributed by atoms with Crippen molar-refractivity contribution >= 4 is 22.7 Å². The summed E-state index contributed by atoms with van der Waals surface area (Å²) < 4.78 is 5.51. The number of fused-ring (bicyclic) bond motifs is 1. The van der Waals surface area contributed by atoms with Crippen LogP contribution in [0.5, 0.6) is 0 Å². The van der Waals surface area contributed by atoms with Crippen molar-refractivity contribution in [3.63, 3.8) is 0 Å². The van der Waals surface area contributed by atoms with Crippen LogP contribution in [0.25, 0.3) is 10.9 Å². The van der Waals surface area contributed by atoms with Gasteiger partial charge in [0.1, 0.15) is 6.10 Å². The molecule has 3 rings (SSSR count). The minimum absolute atomic E-state index is 0.0564. The molecular weight excluding hydrogens is 264 g/mol. The summed E-state index contributed by atoms with van der Waals surface area (Å²) in [5.41, 5.74) is 1.59. The van der Waals surface area contributed by atoms with E-state index in [0.717, 1.165) is 36.6 Å². The fourth-order valence-corrected chi connectivity index (χ4v) is 2.80. The number of hydrogen-bond acceptors (Lipinski definition) is 3. The summed E-state index contributed by atoms with van der Waals surface area (Å²) in [6.07, 6.45) is 8.08. The average molecular weight is 284 g/mol. The smallest absolute Gasteiger partial charge is 0.411 e. The van der Waals surface area contributed by atoms with Crippen LogP contribution in [0, 0.1) is 0 Å². The molecule has 0 aliphatic heterocycles. The number of carbonyl (C=O) groups is 1. The van der Waals surface area contributed by atoms with Gasteiger partial charge >= 0.3 is 6.09 Å². The molecule has 4 heteroatoms. The second kappa shape index (κ2) is 6.57. The molecule has 4 nitrogen and oxygen atoms in total. The molecule has 1 aliphatic carbocycles. The highest BCUT2D eigenvalue weighted by Crippen LogP contribution is 2.21. The van der Waals surface area contributed by atoms with Gasteiger partial charge in [-0.1, -0.05) is 31.0 Å². The number of rotatable bonds is 2. The quantitative estimate of drug-likeness (QED) is 0.826. The highest BCUT2D eigenvalue weighted by Gasteiger charge is 2.16.